The Hall–Kier alpha value is -1.41. The third-order valence-corrected chi connectivity index (χ3v) is 3.84. The van der Waals surface area contributed by atoms with Crippen LogP contribution in [0.25, 0.3) is 10.9 Å². The van der Waals surface area contributed by atoms with Gasteiger partial charge < -0.3 is 5.11 Å². The number of hydrogen-bond donors (Lipinski definition) is 1. The predicted octanol–water partition coefficient (Wildman–Crippen LogP) is 4.60. The Morgan fingerprint density at radius 2 is 1.62 bits per heavy atom. The predicted molar refractivity (Wildman–Crippen MR) is 89.3 cm³/mol. The number of aromatic nitrogens is 1. The third-order valence-electron chi connectivity index (χ3n) is 3.84. The fourth-order valence-corrected chi connectivity index (χ4v) is 3.41. The van der Waals surface area contributed by atoms with Gasteiger partial charge in [0.15, 0.2) is 0 Å². The van der Waals surface area contributed by atoms with E-state index in [1.165, 1.54) is 5.56 Å². The number of aliphatic hydroxyl groups is 1. The second-order valence-corrected chi connectivity index (χ2v) is 7.08. The summed E-state index contributed by atoms with van der Waals surface area (Å²) in [6.45, 7) is 8.71. The normalized spacial score (nSPS) is 12.5. The van der Waals surface area contributed by atoms with Crippen LogP contribution in [0.2, 0.25) is 0 Å². The molecule has 1 N–H and O–H groups in total. The van der Waals surface area contributed by atoms with Crippen LogP contribution in [0.3, 0.4) is 0 Å². The highest BCUT2D eigenvalue weighted by Gasteiger charge is 2.29. The van der Waals surface area contributed by atoms with Crippen LogP contribution in [-0.2, 0) is 6.42 Å². The van der Waals surface area contributed by atoms with E-state index in [2.05, 4.69) is 38.7 Å². The largest absolute Gasteiger partial charge is 0.390 e. The van der Waals surface area contributed by atoms with Gasteiger partial charge in [-0.2, -0.15) is 0 Å². The number of fused-ring (bicyclic) bond motifs is 1. The van der Waals surface area contributed by atoms with Crippen molar-refractivity contribution in [3.63, 3.8) is 0 Å². The van der Waals surface area contributed by atoms with Crippen LogP contribution < -0.4 is 0 Å². The second-order valence-electron chi connectivity index (χ2n) is 7.08. The highest BCUT2D eigenvalue weighted by molar-refractivity contribution is 5.81. The highest BCUT2D eigenvalue weighted by Crippen LogP contribution is 2.30. The molecule has 1 aromatic heterocycles. The number of rotatable bonds is 6. The molecule has 0 amide bonds. The lowest BCUT2D eigenvalue weighted by Crippen LogP contribution is -2.35. The molecule has 1 aromatic carbocycles. The summed E-state index contributed by atoms with van der Waals surface area (Å²) in [6.07, 6.45) is 4.22. The maximum absolute atomic E-state index is 11.1. The minimum Gasteiger partial charge on any atom is -0.390 e. The van der Waals surface area contributed by atoms with E-state index >= 15 is 0 Å². The molecule has 0 aliphatic carbocycles. The van der Waals surface area contributed by atoms with Gasteiger partial charge in [-0.05, 0) is 42.4 Å². The summed E-state index contributed by atoms with van der Waals surface area (Å²) in [5.41, 5.74) is 1.57. The van der Waals surface area contributed by atoms with Gasteiger partial charge in [0.25, 0.3) is 0 Å². The zero-order chi connectivity index (χ0) is 15.5. The molecule has 0 bridgehead atoms. The number of nitrogens with zero attached hydrogens (tertiary/aromatic N) is 1. The Morgan fingerprint density at radius 3 is 2.24 bits per heavy atom. The molecule has 2 nitrogen and oxygen atoms in total. The summed E-state index contributed by atoms with van der Waals surface area (Å²) in [5.74, 6) is 0.976. The van der Waals surface area contributed by atoms with E-state index < -0.39 is 5.60 Å². The summed E-state index contributed by atoms with van der Waals surface area (Å²) in [5, 5.41) is 12.3. The summed E-state index contributed by atoms with van der Waals surface area (Å²) < 4.78 is 0. The Bertz CT molecular complexity index is 574. The molecule has 2 rings (SSSR count). The first-order chi connectivity index (χ1) is 9.89. The molecule has 0 saturated heterocycles. The molecular formula is C19H27NO. The molecule has 21 heavy (non-hydrogen) atoms. The van der Waals surface area contributed by atoms with Gasteiger partial charge in [-0.3, -0.25) is 4.98 Å². The molecule has 0 saturated carbocycles. The van der Waals surface area contributed by atoms with Gasteiger partial charge in [0, 0.05) is 18.0 Å². The van der Waals surface area contributed by atoms with E-state index in [-0.39, 0.29) is 0 Å². The van der Waals surface area contributed by atoms with Gasteiger partial charge in [0.1, 0.15) is 0 Å². The number of para-hydroxylation sites is 1. The lowest BCUT2D eigenvalue weighted by molar-refractivity contribution is 0.00101. The molecule has 0 atom stereocenters. The van der Waals surface area contributed by atoms with Gasteiger partial charge in [-0.1, -0.05) is 45.9 Å². The van der Waals surface area contributed by atoms with E-state index in [0.29, 0.717) is 18.3 Å². The van der Waals surface area contributed by atoms with Crippen molar-refractivity contribution in [2.75, 3.05) is 0 Å². The van der Waals surface area contributed by atoms with Crippen LogP contribution >= 0.6 is 0 Å². The molecular weight excluding hydrogens is 258 g/mol. The SMILES string of the molecule is CC(C)CC(O)(Cc1ccnc2ccccc12)CC(C)C. The maximum Gasteiger partial charge on any atom is 0.0704 e. The topological polar surface area (TPSA) is 33.1 Å². The number of pyridine rings is 1. The van der Waals surface area contributed by atoms with Gasteiger partial charge in [0.2, 0.25) is 0 Å². The fourth-order valence-electron chi connectivity index (χ4n) is 3.41. The molecule has 1 heterocycles. The molecule has 0 unspecified atom stereocenters. The standard InChI is InChI=1S/C19H27NO/c1-14(2)11-19(21,12-15(3)4)13-16-9-10-20-18-8-6-5-7-17(16)18/h5-10,14-15,21H,11-13H2,1-4H3. The van der Waals surface area contributed by atoms with Crippen molar-refractivity contribution in [1.29, 1.82) is 0 Å². The van der Waals surface area contributed by atoms with Gasteiger partial charge in [-0.15, -0.1) is 0 Å². The molecule has 2 heteroatoms. The summed E-state index contributed by atoms with van der Waals surface area (Å²) >= 11 is 0. The average Bonchev–Trinajstić information content (AvgIpc) is 2.36. The van der Waals surface area contributed by atoms with E-state index in [9.17, 15) is 5.11 Å². The van der Waals surface area contributed by atoms with Crippen molar-refractivity contribution < 1.29 is 5.11 Å². The molecule has 0 spiro atoms. The van der Waals surface area contributed by atoms with Gasteiger partial charge in [-0.25, -0.2) is 0 Å². The molecule has 0 aliphatic heterocycles. The minimum atomic E-state index is -0.632. The second kappa shape index (κ2) is 6.57. The number of benzene rings is 1. The Labute approximate surface area is 128 Å². The van der Waals surface area contributed by atoms with Crippen molar-refractivity contribution in [2.24, 2.45) is 11.8 Å². The average molecular weight is 285 g/mol. The molecule has 0 fully saturated rings. The first-order valence-corrected chi connectivity index (χ1v) is 7.94. The van der Waals surface area contributed by atoms with Gasteiger partial charge >= 0.3 is 0 Å². The Morgan fingerprint density at radius 1 is 1.00 bits per heavy atom. The van der Waals surface area contributed by atoms with Gasteiger partial charge in [0.05, 0.1) is 11.1 Å². The van der Waals surface area contributed by atoms with Crippen molar-refractivity contribution in [1.82, 2.24) is 4.98 Å². The van der Waals surface area contributed by atoms with Crippen molar-refractivity contribution in [2.45, 2.75) is 52.6 Å². The highest BCUT2D eigenvalue weighted by atomic mass is 16.3. The molecule has 114 valence electrons. The number of hydrogen-bond acceptors (Lipinski definition) is 2. The fraction of sp³-hybridized carbons (Fsp3) is 0.526. The Kier molecular flexibility index (Phi) is 5.00. The molecule has 0 aliphatic rings. The lowest BCUT2D eigenvalue weighted by Gasteiger charge is -2.32. The smallest absolute Gasteiger partial charge is 0.0704 e. The van der Waals surface area contributed by atoms with E-state index in [4.69, 9.17) is 0 Å². The first-order valence-electron chi connectivity index (χ1n) is 7.94. The minimum absolute atomic E-state index is 0.488. The molecule has 0 radical (unpaired) electrons. The maximum atomic E-state index is 11.1. The van der Waals surface area contributed by atoms with Crippen molar-refractivity contribution >= 4 is 10.9 Å². The van der Waals surface area contributed by atoms with E-state index in [0.717, 1.165) is 23.7 Å². The monoisotopic (exact) mass is 285 g/mol. The van der Waals surface area contributed by atoms with Crippen LogP contribution in [0.15, 0.2) is 36.5 Å². The summed E-state index contributed by atoms with van der Waals surface area (Å²) in [7, 11) is 0. The lowest BCUT2D eigenvalue weighted by atomic mass is 9.80. The third kappa shape index (κ3) is 4.28. The zero-order valence-corrected chi connectivity index (χ0v) is 13.6. The van der Waals surface area contributed by atoms with Crippen LogP contribution in [0.4, 0.5) is 0 Å². The quantitative estimate of drug-likeness (QED) is 0.841. The van der Waals surface area contributed by atoms with Crippen molar-refractivity contribution in [3.05, 3.63) is 42.1 Å². The van der Waals surface area contributed by atoms with Crippen LogP contribution in [0, 0.1) is 11.8 Å². The Balaban J connectivity index is 2.34. The molecule has 2 aromatic rings. The van der Waals surface area contributed by atoms with Crippen LogP contribution in [0.5, 0.6) is 0 Å². The van der Waals surface area contributed by atoms with Crippen LogP contribution in [-0.4, -0.2) is 15.7 Å². The van der Waals surface area contributed by atoms with Crippen LogP contribution in [0.1, 0.15) is 46.1 Å². The summed E-state index contributed by atoms with van der Waals surface area (Å²) in [6, 6.07) is 10.2. The summed E-state index contributed by atoms with van der Waals surface area (Å²) in [4.78, 5) is 4.41. The van der Waals surface area contributed by atoms with Crippen molar-refractivity contribution in [3.8, 4) is 0 Å². The van der Waals surface area contributed by atoms with E-state index in [1.807, 2.05) is 30.5 Å². The van der Waals surface area contributed by atoms with E-state index in [1.54, 1.807) is 0 Å². The zero-order valence-electron chi connectivity index (χ0n) is 13.6. The first kappa shape index (κ1) is 16.0.